The summed E-state index contributed by atoms with van der Waals surface area (Å²) in [5, 5.41) is 16.6. The van der Waals surface area contributed by atoms with Crippen LogP contribution in [0.15, 0.2) is 267 Å². The van der Waals surface area contributed by atoms with E-state index in [1.807, 2.05) is 0 Å². The van der Waals surface area contributed by atoms with Gasteiger partial charge >= 0.3 is 37.9 Å². The maximum atomic E-state index is 4.93. The van der Waals surface area contributed by atoms with Gasteiger partial charge in [-0.1, -0.05) is 259 Å². The summed E-state index contributed by atoms with van der Waals surface area (Å²) in [6.45, 7) is 14.4. The van der Waals surface area contributed by atoms with E-state index >= 15 is 0 Å². The SMILES string of the molecule is Cc1cc2c([c-]1[Si](C)[c-]1c(C)cc3c1C=CC=CC3c1ccc3ccccc3c1)C=CC=CC2c1ccc2ccccc2c1.Cc1cc2c([c-]1[Si](C)[c-]1c(C)cc3c1C=CC=CC3c1ccc3ccccc3c1)C=CC=CC2c1ccc2ccccc2c1.[Cl][Zr][Cl]. The Balaban J connectivity index is 0.000000152. The standard InChI is InChI=1S/2C43H35Si.2ClH.Zr/c2*1-28-24-40-36(34-22-20-30-12-4-6-14-32(30)26-34)16-8-10-18-38(40)42(28)44(3)43-29(2)25-41-37(17-9-11-19-39(41)43)35-23-21-31-13-5-7-15-33(31)27-35;;;/h2*4-27,36-37H,1-3H3;2*1H;/q2*-2;;;+2/p-2. The van der Waals surface area contributed by atoms with E-state index < -0.39 is 38.4 Å². The van der Waals surface area contributed by atoms with Crippen molar-refractivity contribution in [3.8, 4) is 0 Å². The minimum atomic E-state index is -1.07. The quantitative estimate of drug-likeness (QED) is 0.105. The van der Waals surface area contributed by atoms with Crippen LogP contribution in [-0.4, -0.2) is 17.6 Å². The number of hydrogen-bond acceptors (Lipinski definition) is 0. The van der Waals surface area contributed by atoms with Gasteiger partial charge in [-0.2, -0.15) is 68.8 Å². The molecule has 0 bridgehead atoms. The summed E-state index contributed by atoms with van der Waals surface area (Å²) in [6.07, 6.45) is 36.9. The zero-order valence-electron chi connectivity index (χ0n) is 52.3. The molecule has 0 N–H and O–H groups in total. The van der Waals surface area contributed by atoms with E-state index in [1.165, 1.54) is 132 Å². The first-order valence-electron chi connectivity index (χ1n) is 31.7. The molecule has 2 radical (unpaired) electrons. The number of aryl methyl sites for hydroxylation is 4. The first-order valence-corrected chi connectivity index (χ1v) is 42.1. The van der Waals surface area contributed by atoms with Crippen molar-refractivity contribution in [2.75, 3.05) is 0 Å². The molecule has 0 saturated carbocycles. The van der Waals surface area contributed by atoms with Gasteiger partial charge in [-0.05, 0) is 89.0 Å². The van der Waals surface area contributed by atoms with Gasteiger partial charge in [-0.15, -0.1) is 91.6 Å². The van der Waals surface area contributed by atoms with Crippen molar-refractivity contribution in [3.63, 3.8) is 0 Å². The topological polar surface area (TPSA) is 0 Å². The summed E-state index contributed by atoms with van der Waals surface area (Å²) in [5.41, 5.74) is 22.6. The van der Waals surface area contributed by atoms with Gasteiger partial charge in [0.05, 0.1) is 0 Å². The Hall–Kier alpha value is -7.98. The van der Waals surface area contributed by atoms with Gasteiger partial charge in [-0.3, -0.25) is 0 Å². The zero-order valence-corrected chi connectivity index (χ0v) is 58.2. The van der Waals surface area contributed by atoms with Crippen LogP contribution in [0.3, 0.4) is 0 Å². The number of halogens is 2. The van der Waals surface area contributed by atoms with Gasteiger partial charge in [-0.25, -0.2) is 0 Å². The monoisotopic (exact) mass is 1320 g/mol. The molecule has 5 heteroatoms. The normalized spacial score (nSPS) is 16.9. The fourth-order valence-electron chi connectivity index (χ4n) is 15.4. The van der Waals surface area contributed by atoms with Crippen LogP contribution in [0, 0.1) is 27.7 Å². The van der Waals surface area contributed by atoms with E-state index in [4.69, 9.17) is 17.0 Å². The first-order chi connectivity index (χ1) is 44.5. The third-order valence-corrected chi connectivity index (χ3v) is 25.1. The van der Waals surface area contributed by atoms with Crippen molar-refractivity contribution in [1.82, 2.24) is 0 Å². The Labute approximate surface area is 559 Å². The maximum absolute atomic E-state index is 4.93. The Morgan fingerprint density at radius 1 is 0.286 bits per heavy atom. The van der Waals surface area contributed by atoms with Crippen molar-refractivity contribution in [2.24, 2.45) is 0 Å². The van der Waals surface area contributed by atoms with Crippen molar-refractivity contribution in [1.29, 1.82) is 0 Å². The van der Waals surface area contributed by atoms with Crippen LogP contribution in [-0.2, 0) is 20.8 Å². The van der Waals surface area contributed by atoms with E-state index in [1.54, 1.807) is 20.7 Å². The molecule has 0 amide bonds. The molecular formula is C86H70Cl2Si2Zr-4. The van der Waals surface area contributed by atoms with Crippen molar-refractivity contribution in [3.05, 3.63) is 356 Å². The fourth-order valence-corrected chi connectivity index (χ4v) is 21.1. The van der Waals surface area contributed by atoms with Crippen molar-refractivity contribution in [2.45, 2.75) is 64.5 Å². The van der Waals surface area contributed by atoms with E-state index in [2.05, 4.69) is 332 Å². The molecule has 444 valence electrons. The molecule has 4 aliphatic rings. The molecule has 4 unspecified atom stereocenters. The van der Waals surface area contributed by atoms with Crippen LogP contribution in [0.25, 0.3) is 67.4 Å². The summed E-state index contributed by atoms with van der Waals surface area (Å²) in [6, 6.07) is 72.5. The second-order valence-electron chi connectivity index (χ2n) is 24.9. The Kier molecular flexibility index (Phi) is 17.5. The molecule has 4 atom stereocenters. The molecule has 0 aromatic heterocycles. The van der Waals surface area contributed by atoms with Crippen LogP contribution in [0.4, 0.5) is 0 Å². The average Bonchev–Trinajstić information content (AvgIpc) is 1.66. The van der Waals surface area contributed by atoms with Crippen molar-refractivity contribution < 1.29 is 20.8 Å². The van der Waals surface area contributed by atoms with Crippen LogP contribution in [0.5, 0.6) is 0 Å². The van der Waals surface area contributed by atoms with Crippen LogP contribution in [0.1, 0.15) is 113 Å². The Bertz CT molecular complexity index is 4390. The number of rotatable bonds is 8. The summed E-state index contributed by atoms with van der Waals surface area (Å²) in [7, 11) is 7.73. The second kappa shape index (κ2) is 26.3. The summed E-state index contributed by atoms with van der Waals surface area (Å²) < 4.78 is 0. The van der Waals surface area contributed by atoms with E-state index in [-0.39, 0.29) is 23.7 Å². The molecule has 0 saturated heterocycles. The fraction of sp³-hybridized carbons (Fsp3) is 0.116. The molecular weight excluding hydrogens is 1250 g/mol. The van der Waals surface area contributed by atoms with Crippen LogP contribution < -0.4 is 20.7 Å². The molecule has 0 nitrogen and oxygen atoms in total. The van der Waals surface area contributed by atoms with Crippen molar-refractivity contribution >= 4 is 123 Å². The second-order valence-corrected chi connectivity index (χ2v) is 33.2. The average molecular weight is 1320 g/mol. The minimum absolute atomic E-state index is 0.242. The van der Waals surface area contributed by atoms with Crippen LogP contribution in [0.2, 0.25) is 13.1 Å². The molecule has 4 aliphatic carbocycles. The van der Waals surface area contributed by atoms with E-state index in [0.717, 1.165) is 0 Å². The van der Waals surface area contributed by atoms with Crippen LogP contribution >= 0.6 is 17.0 Å². The molecule has 16 rings (SSSR count). The molecule has 91 heavy (non-hydrogen) atoms. The Morgan fingerprint density at radius 3 is 0.714 bits per heavy atom. The number of benzene rings is 8. The van der Waals surface area contributed by atoms with Gasteiger partial charge in [0.1, 0.15) is 0 Å². The number of allylic oxidation sites excluding steroid dienone is 12. The zero-order chi connectivity index (χ0) is 62.3. The number of hydrogen-bond donors (Lipinski definition) is 0. The van der Waals surface area contributed by atoms with E-state index in [9.17, 15) is 0 Å². The molecule has 12 aromatic carbocycles. The molecule has 0 fully saturated rings. The summed E-state index contributed by atoms with van der Waals surface area (Å²) >= 11 is -0.826. The van der Waals surface area contributed by atoms with Gasteiger partial charge < -0.3 is 0 Å². The predicted molar refractivity (Wildman–Crippen MR) is 396 cm³/mol. The summed E-state index contributed by atoms with van der Waals surface area (Å²) in [5.74, 6) is 0.967. The van der Waals surface area contributed by atoms with Gasteiger partial charge in [0.25, 0.3) is 0 Å². The summed E-state index contributed by atoms with van der Waals surface area (Å²) in [4.78, 5) is 0. The molecule has 12 aromatic rings. The van der Waals surface area contributed by atoms with E-state index in [0.29, 0.717) is 0 Å². The van der Waals surface area contributed by atoms with Gasteiger partial charge in [0.2, 0.25) is 0 Å². The first kappa shape index (κ1) is 60.6. The Morgan fingerprint density at radius 2 is 0.495 bits per heavy atom. The third-order valence-electron chi connectivity index (χ3n) is 19.5. The third kappa shape index (κ3) is 11.7. The molecule has 0 aliphatic heterocycles. The number of fused-ring (bicyclic) bond motifs is 8. The predicted octanol–water partition coefficient (Wildman–Crippen LogP) is 20.8. The van der Waals surface area contributed by atoms with Gasteiger partial charge in [0.15, 0.2) is 0 Å². The van der Waals surface area contributed by atoms with Gasteiger partial charge in [0, 0.05) is 17.6 Å². The molecule has 0 heterocycles. The molecule has 0 spiro atoms.